The largest absolute Gasteiger partial charge is 0.384 e. The lowest BCUT2D eigenvalue weighted by molar-refractivity contribution is 0.804. The number of halogens is 1. The lowest BCUT2D eigenvalue weighted by atomic mass is 10.0. The maximum Gasteiger partial charge on any atom is 0.0370 e. The fourth-order valence-corrected chi connectivity index (χ4v) is 2.63. The third kappa shape index (κ3) is 3.48. The first-order chi connectivity index (χ1) is 8.66. The minimum atomic E-state index is 0.518. The molecule has 0 amide bonds. The molecular weight excluding hydrogens is 333 g/mol. The van der Waals surface area contributed by atoms with E-state index in [4.69, 9.17) is 0 Å². The van der Waals surface area contributed by atoms with Crippen LogP contribution in [-0.4, -0.2) is 6.54 Å². The minimum Gasteiger partial charge on any atom is -0.384 e. The Hall–Kier alpha value is -1.03. The summed E-state index contributed by atoms with van der Waals surface area (Å²) in [7, 11) is 0. The summed E-state index contributed by atoms with van der Waals surface area (Å²) < 4.78 is 1.28. The third-order valence-electron chi connectivity index (χ3n) is 3.16. The van der Waals surface area contributed by atoms with Crippen molar-refractivity contribution in [3.05, 3.63) is 63.2 Å². The summed E-state index contributed by atoms with van der Waals surface area (Å²) >= 11 is 2.35. The molecule has 0 spiro atoms. The van der Waals surface area contributed by atoms with Gasteiger partial charge in [0.15, 0.2) is 0 Å². The van der Waals surface area contributed by atoms with Crippen LogP contribution in [0.3, 0.4) is 0 Å². The van der Waals surface area contributed by atoms with Crippen molar-refractivity contribution in [2.75, 3.05) is 11.9 Å². The van der Waals surface area contributed by atoms with Crippen LogP contribution in [0.1, 0.15) is 24.0 Å². The van der Waals surface area contributed by atoms with Crippen LogP contribution < -0.4 is 5.32 Å². The molecule has 2 heteroatoms. The van der Waals surface area contributed by atoms with Gasteiger partial charge in [0.25, 0.3) is 0 Å². The third-order valence-corrected chi connectivity index (χ3v) is 3.83. The van der Waals surface area contributed by atoms with E-state index in [1.54, 1.807) is 0 Å². The Morgan fingerprint density at radius 1 is 1.11 bits per heavy atom. The van der Waals surface area contributed by atoms with Crippen molar-refractivity contribution >= 4 is 28.3 Å². The number of rotatable bonds is 4. The van der Waals surface area contributed by atoms with Crippen LogP contribution in [-0.2, 0) is 0 Å². The van der Waals surface area contributed by atoms with Gasteiger partial charge in [0.2, 0.25) is 0 Å². The molecule has 1 N–H and O–H groups in total. The fraction of sp³-hybridized carbons (Fsp3) is 0.250. The highest BCUT2D eigenvalue weighted by atomic mass is 127. The molecule has 0 aliphatic carbocycles. The number of nitrogens with one attached hydrogen (secondary N) is 1. The molecule has 2 rings (SSSR count). The van der Waals surface area contributed by atoms with Crippen LogP contribution >= 0.6 is 22.6 Å². The van der Waals surface area contributed by atoms with Gasteiger partial charge in [-0.15, -0.1) is 0 Å². The van der Waals surface area contributed by atoms with Gasteiger partial charge in [0.1, 0.15) is 0 Å². The summed E-state index contributed by atoms with van der Waals surface area (Å²) in [6, 6.07) is 17.1. The molecule has 0 aliphatic heterocycles. The summed E-state index contributed by atoms with van der Waals surface area (Å²) in [5, 5.41) is 3.54. The van der Waals surface area contributed by atoms with Gasteiger partial charge in [0, 0.05) is 15.8 Å². The number of aryl methyl sites for hydroxylation is 1. The van der Waals surface area contributed by atoms with Crippen LogP contribution in [0.4, 0.5) is 5.69 Å². The first-order valence-corrected chi connectivity index (χ1v) is 7.29. The Labute approximate surface area is 123 Å². The summed E-state index contributed by atoms with van der Waals surface area (Å²) in [5.41, 5.74) is 3.92. The molecule has 0 aliphatic rings. The van der Waals surface area contributed by atoms with E-state index in [2.05, 4.69) is 90.3 Å². The van der Waals surface area contributed by atoms with Crippen molar-refractivity contribution in [3.8, 4) is 0 Å². The average molecular weight is 351 g/mol. The van der Waals surface area contributed by atoms with Crippen molar-refractivity contribution < 1.29 is 0 Å². The molecule has 18 heavy (non-hydrogen) atoms. The molecule has 0 fully saturated rings. The summed E-state index contributed by atoms with van der Waals surface area (Å²) in [4.78, 5) is 0. The second-order valence-corrected chi connectivity index (χ2v) is 5.90. The van der Waals surface area contributed by atoms with Crippen molar-refractivity contribution in [1.29, 1.82) is 0 Å². The Bertz CT molecular complexity index is 508. The van der Waals surface area contributed by atoms with E-state index in [9.17, 15) is 0 Å². The molecule has 0 radical (unpaired) electrons. The Balaban J connectivity index is 1.99. The molecule has 1 unspecified atom stereocenters. The van der Waals surface area contributed by atoms with Crippen LogP contribution in [0.2, 0.25) is 0 Å². The molecule has 1 nitrogen and oxygen atoms in total. The minimum absolute atomic E-state index is 0.518. The van der Waals surface area contributed by atoms with Crippen molar-refractivity contribution in [1.82, 2.24) is 0 Å². The van der Waals surface area contributed by atoms with Gasteiger partial charge in [-0.25, -0.2) is 0 Å². The molecular formula is C16H18IN. The van der Waals surface area contributed by atoms with E-state index in [1.807, 2.05) is 0 Å². The monoisotopic (exact) mass is 351 g/mol. The first-order valence-electron chi connectivity index (χ1n) is 6.22. The van der Waals surface area contributed by atoms with Crippen molar-refractivity contribution in [3.63, 3.8) is 0 Å². The van der Waals surface area contributed by atoms with E-state index in [0.717, 1.165) is 6.54 Å². The molecule has 0 bridgehead atoms. The standard InChI is InChI=1S/C16H18IN/c1-12-10-15(17)8-9-16(12)18-11-13(2)14-6-4-3-5-7-14/h3-10,13,18H,11H2,1-2H3. The van der Waals surface area contributed by atoms with E-state index in [0.29, 0.717) is 5.92 Å². The van der Waals surface area contributed by atoms with E-state index >= 15 is 0 Å². The summed E-state index contributed by atoms with van der Waals surface area (Å²) in [6.45, 7) is 5.37. The second-order valence-electron chi connectivity index (χ2n) is 4.65. The number of benzene rings is 2. The highest BCUT2D eigenvalue weighted by Gasteiger charge is 2.05. The highest BCUT2D eigenvalue weighted by Crippen LogP contribution is 2.20. The van der Waals surface area contributed by atoms with Gasteiger partial charge < -0.3 is 5.32 Å². The molecule has 2 aromatic carbocycles. The zero-order valence-corrected chi connectivity index (χ0v) is 12.9. The quantitative estimate of drug-likeness (QED) is 0.779. The van der Waals surface area contributed by atoms with Crippen molar-refractivity contribution in [2.24, 2.45) is 0 Å². The van der Waals surface area contributed by atoms with E-state index < -0.39 is 0 Å². The topological polar surface area (TPSA) is 12.0 Å². The Morgan fingerprint density at radius 3 is 2.50 bits per heavy atom. The molecule has 0 heterocycles. The van der Waals surface area contributed by atoms with Crippen molar-refractivity contribution in [2.45, 2.75) is 19.8 Å². The normalized spacial score (nSPS) is 12.2. The van der Waals surface area contributed by atoms with Crippen LogP contribution in [0.5, 0.6) is 0 Å². The molecule has 2 aromatic rings. The van der Waals surface area contributed by atoms with E-state index in [1.165, 1.54) is 20.4 Å². The van der Waals surface area contributed by atoms with Gasteiger partial charge in [0.05, 0.1) is 0 Å². The first kappa shape index (κ1) is 13.4. The molecule has 0 aromatic heterocycles. The zero-order chi connectivity index (χ0) is 13.0. The van der Waals surface area contributed by atoms with Crippen LogP contribution in [0.15, 0.2) is 48.5 Å². The Kier molecular flexibility index (Phi) is 4.64. The SMILES string of the molecule is Cc1cc(I)ccc1NCC(C)c1ccccc1. The van der Waals surface area contributed by atoms with Crippen LogP contribution in [0.25, 0.3) is 0 Å². The number of anilines is 1. The maximum atomic E-state index is 3.54. The molecule has 0 saturated carbocycles. The average Bonchev–Trinajstić information content (AvgIpc) is 2.38. The zero-order valence-electron chi connectivity index (χ0n) is 10.8. The predicted octanol–water partition coefficient (Wildman–Crippen LogP) is 4.82. The van der Waals surface area contributed by atoms with E-state index in [-0.39, 0.29) is 0 Å². The van der Waals surface area contributed by atoms with Crippen LogP contribution in [0, 0.1) is 10.5 Å². The predicted molar refractivity (Wildman–Crippen MR) is 87.2 cm³/mol. The highest BCUT2D eigenvalue weighted by molar-refractivity contribution is 14.1. The summed E-state index contributed by atoms with van der Waals surface area (Å²) in [6.07, 6.45) is 0. The summed E-state index contributed by atoms with van der Waals surface area (Å²) in [5.74, 6) is 0.518. The fourth-order valence-electron chi connectivity index (χ4n) is 1.99. The molecule has 1 atom stereocenters. The van der Waals surface area contributed by atoms with Gasteiger partial charge >= 0.3 is 0 Å². The van der Waals surface area contributed by atoms with Gasteiger partial charge in [-0.05, 0) is 64.8 Å². The maximum absolute atomic E-state index is 3.54. The smallest absolute Gasteiger partial charge is 0.0370 e. The van der Waals surface area contributed by atoms with Gasteiger partial charge in [-0.3, -0.25) is 0 Å². The lowest BCUT2D eigenvalue weighted by Gasteiger charge is -2.15. The second kappa shape index (κ2) is 6.23. The van der Waals surface area contributed by atoms with Gasteiger partial charge in [-0.1, -0.05) is 37.3 Å². The Morgan fingerprint density at radius 2 is 1.83 bits per heavy atom. The molecule has 0 saturated heterocycles. The molecule has 94 valence electrons. The lowest BCUT2D eigenvalue weighted by Crippen LogP contribution is -2.10. The van der Waals surface area contributed by atoms with Gasteiger partial charge in [-0.2, -0.15) is 0 Å². The number of hydrogen-bond donors (Lipinski definition) is 1. The number of hydrogen-bond acceptors (Lipinski definition) is 1.